The quantitative estimate of drug-likeness (QED) is 0.907. The highest BCUT2D eigenvalue weighted by Crippen LogP contribution is 2.19. The van der Waals surface area contributed by atoms with Gasteiger partial charge in [-0.3, -0.25) is 9.48 Å². The minimum absolute atomic E-state index is 0.0784. The molecule has 1 aromatic carbocycles. The summed E-state index contributed by atoms with van der Waals surface area (Å²) in [6, 6.07) is 6.37. The molecule has 2 aromatic rings. The van der Waals surface area contributed by atoms with Crippen molar-refractivity contribution in [3.8, 4) is 5.75 Å². The summed E-state index contributed by atoms with van der Waals surface area (Å²) in [7, 11) is 0. The molecule has 100 valence electrons. The Morgan fingerprint density at radius 1 is 1.47 bits per heavy atom. The lowest BCUT2D eigenvalue weighted by atomic mass is 10.3. The predicted molar refractivity (Wildman–Crippen MR) is 73.4 cm³/mol. The molecule has 1 heterocycles. The number of carbonyl (C=O) groups is 1. The van der Waals surface area contributed by atoms with E-state index in [0.717, 1.165) is 5.69 Å². The van der Waals surface area contributed by atoms with E-state index < -0.39 is 0 Å². The van der Waals surface area contributed by atoms with E-state index in [-0.39, 0.29) is 18.2 Å². The first kappa shape index (κ1) is 13.4. The maximum atomic E-state index is 11.9. The average molecular weight is 280 g/mol. The summed E-state index contributed by atoms with van der Waals surface area (Å²) >= 11 is 6.01. The fourth-order valence-electron chi connectivity index (χ4n) is 1.75. The molecule has 0 bridgehead atoms. The number of halogens is 1. The number of rotatable bonds is 3. The fraction of sp³-hybridized carbons (Fsp3) is 0.231. The number of aromatic nitrogens is 2. The van der Waals surface area contributed by atoms with Crippen LogP contribution in [0, 0.1) is 13.8 Å². The third-order valence-corrected chi connectivity index (χ3v) is 3.26. The molecule has 2 rings (SSSR count). The van der Waals surface area contributed by atoms with Gasteiger partial charge in [0.2, 0.25) is 5.91 Å². The summed E-state index contributed by atoms with van der Waals surface area (Å²) in [5.74, 6) is -0.125. The number of amides is 1. The third-order valence-electron chi connectivity index (χ3n) is 2.72. The molecule has 0 aliphatic heterocycles. The maximum Gasteiger partial charge on any atom is 0.246 e. The van der Waals surface area contributed by atoms with E-state index in [2.05, 4.69) is 10.4 Å². The smallest absolute Gasteiger partial charge is 0.246 e. The van der Waals surface area contributed by atoms with E-state index >= 15 is 0 Å². The second kappa shape index (κ2) is 5.32. The van der Waals surface area contributed by atoms with Gasteiger partial charge in [-0.1, -0.05) is 17.7 Å². The van der Waals surface area contributed by atoms with Crippen molar-refractivity contribution in [2.75, 3.05) is 5.32 Å². The Labute approximate surface area is 115 Å². The number of phenolic OH excluding ortho intramolecular Hbond substituents is 1. The molecular weight excluding hydrogens is 266 g/mol. The number of nitrogens with zero attached hydrogens (tertiary/aromatic N) is 2. The van der Waals surface area contributed by atoms with E-state index in [1.807, 2.05) is 6.92 Å². The second-order valence-corrected chi connectivity index (χ2v) is 4.62. The first-order valence-electron chi connectivity index (χ1n) is 5.76. The van der Waals surface area contributed by atoms with Crippen LogP contribution in [0.3, 0.4) is 0 Å². The molecular formula is C13H14ClN3O2. The zero-order valence-electron chi connectivity index (χ0n) is 10.6. The summed E-state index contributed by atoms with van der Waals surface area (Å²) < 4.78 is 1.55. The standard InChI is InChI=1S/C13H14ClN3O2/c1-8-13(14)9(2)17(16-8)7-12(19)15-10-4-3-5-11(18)6-10/h3-6,18H,7H2,1-2H3,(H,15,19). The van der Waals surface area contributed by atoms with Crippen molar-refractivity contribution in [2.45, 2.75) is 20.4 Å². The molecule has 5 nitrogen and oxygen atoms in total. The molecule has 19 heavy (non-hydrogen) atoms. The van der Waals surface area contributed by atoms with Crippen LogP contribution in [0.25, 0.3) is 0 Å². The van der Waals surface area contributed by atoms with Gasteiger partial charge < -0.3 is 10.4 Å². The Morgan fingerprint density at radius 3 is 2.79 bits per heavy atom. The van der Waals surface area contributed by atoms with E-state index in [1.54, 1.807) is 23.7 Å². The van der Waals surface area contributed by atoms with Crippen molar-refractivity contribution in [1.82, 2.24) is 9.78 Å². The molecule has 2 N–H and O–H groups in total. The SMILES string of the molecule is Cc1nn(CC(=O)Nc2cccc(O)c2)c(C)c1Cl. The molecule has 0 saturated heterocycles. The van der Waals surface area contributed by atoms with E-state index in [9.17, 15) is 9.90 Å². The Kier molecular flexibility index (Phi) is 3.76. The lowest BCUT2D eigenvalue weighted by molar-refractivity contribution is -0.116. The molecule has 0 atom stereocenters. The Bertz CT molecular complexity index is 622. The first-order chi connectivity index (χ1) is 8.97. The van der Waals surface area contributed by atoms with Crippen molar-refractivity contribution in [3.05, 3.63) is 40.7 Å². The van der Waals surface area contributed by atoms with Gasteiger partial charge >= 0.3 is 0 Å². The highest BCUT2D eigenvalue weighted by atomic mass is 35.5. The summed E-state index contributed by atoms with van der Waals surface area (Å²) in [5, 5.41) is 16.8. The van der Waals surface area contributed by atoms with Crippen LogP contribution in [-0.4, -0.2) is 20.8 Å². The number of aryl methyl sites for hydroxylation is 1. The lowest BCUT2D eigenvalue weighted by Gasteiger charge is -2.07. The van der Waals surface area contributed by atoms with Crippen LogP contribution in [0.15, 0.2) is 24.3 Å². The van der Waals surface area contributed by atoms with Crippen molar-refractivity contribution in [2.24, 2.45) is 0 Å². The van der Waals surface area contributed by atoms with Gasteiger partial charge in [-0.2, -0.15) is 5.10 Å². The van der Waals surface area contributed by atoms with Crippen molar-refractivity contribution >= 4 is 23.2 Å². The number of benzene rings is 1. The topological polar surface area (TPSA) is 67.2 Å². The van der Waals surface area contributed by atoms with Crippen molar-refractivity contribution in [3.63, 3.8) is 0 Å². The zero-order valence-corrected chi connectivity index (χ0v) is 11.4. The Hall–Kier alpha value is -2.01. The van der Waals surface area contributed by atoms with Gasteiger partial charge in [0.05, 0.1) is 16.4 Å². The zero-order chi connectivity index (χ0) is 14.0. The second-order valence-electron chi connectivity index (χ2n) is 4.24. The monoisotopic (exact) mass is 279 g/mol. The number of nitrogens with one attached hydrogen (secondary N) is 1. The molecule has 0 radical (unpaired) electrons. The summed E-state index contributed by atoms with van der Waals surface area (Å²) in [5.41, 5.74) is 1.99. The van der Waals surface area contributed by atoms with Crippen LogP contribution in [0.5, 0.6) is 5.75 Å². The molecule has 0 saturated carbocycles. The highest BCUT2D eigenvalue weighted by Gasteiger charge is 2.12. The van der Waals surface area contributed by atoms with Crippen molar-refractivity contribution in [1.29, 1.82) is 0 Å². The molecule has 0 unspecified atom stereocenters. The van der Waals surface area contributed by atoms with Gasteiger partial charge in [0.15, 0.2) is 0 Å². The van der Waals surface area contributed by atoms with Crippen LogP contribution in [-0.2, 0) is 11.3 Å². The maximum absolute atomic E-state index is 11.9. The minimum atomic E-state index is -0.229. The normalized spacial score (nSPS) is 10.5. The number of hydrogen-bond donors (Lipinski definition) is 2. The Balaban J connectivity index is 2.07. The molecule has 6 heteroatoms. The summed E-state index contributed by atoms with van der Waals surface area (Å²) in [4.78, 5) is 11.9. The van der Waals surface area contributed by atoms with Gasteiger partial charge in [0.25, 0.3) is 0 Å². The summed E-state index contributed by atoms with van der Waals surface area (Å²) in [6.45, 7) is 3.68. The van der Waals surface area contributed by atoms with Crippen molar-refractivity contribution < 1.29 is 9.90 Å². The molecule has 1 aromatic heterocycles. The number of hydrogen-bond acceptors (Lipinski definition) is 3. The number of anilines is 1. The van der Waals surface area contributed by atoms with Gasteiger partial charge in [-0.15, -0.1) is 0 Å². The van der Waals surface area contributed by atoms with Crippen LogP contribution < -0.4 is 5.32 Å². The highest BCUT2D eigenvalue weighted by molar-refractivity contribution is 6.31. The largest absolute Gasteiger partial charge is 0.508 e. The average Bonchev–Trinajstić information content (AvgIpc) is 2.57. The third kappa shape index (κ3) is 3.06. The fourth-order valence-corrected chi connectivity index (χ4v) is 1.88. The molecule has 0 aliphatic carbocycles. The van der Waals surface area contributed by atoms with Crippen LogP contribution in [0.2, 0.25) is 5.02 Å². The molecule has 1 amide bonds. The molecule has 0 spiro atoms. The number of aromatic hydroxyl groups is 1. The molecule has 0 aliphatic rings. The Morgan fingerprint density at radius 2 is 2.21 bits per heavy atom. The first-order valence-corrected chi connectivity index (χ1v) is 6.13. The van der Waals surface area contributed by atoms with Gasteiger partial charge in [-0.05, 0) is 26.0 Å². The van der Waals surface area contributed by atoms with Gasteiger partial charge in [0.1, 0.15) is 12.3 Å². The van der Waals surface area contributed by atoms with E-state index in [0.29, 0.717) is 16.4 Å². The van der Waals surface area contributed by atoms with E-state index in [1.165, 1.54) is 12.1 Å². The van der Waals surface area contributed by atoms with E-state index in [4.69, 9.17) is 11.6 Å². The molecule has 0 fully saturated rings. The minimum Gasteiger partial charge on any atom is -0.508 e. The van der Waals surface area contributed by atoms with Crippen LogP contribution in [0.4, 0.5) is 5.69 Å². The lowest BCUT2D eigenvalue weighted by Crippen LogP contribution is -2.20. The number of phenols is 1. The van der Waals surface area contributed by atoms with Crippen LogP contribution in [0.1, 0.15) is 11.4 Å². The van der Waals surface area contributed by atoms with Crippen LogP contribution >= 0.6 is 11.6 Å². The number of carbonyl (C=O) groups excluding carboxylic acids is 1. The summed E-state index contributed by atoms with van der Waals surface area (Å²) in [6.07, 6.45) is 0. The predicted octanol–water partition coefficient (Wildman–Crippen LogP) is 2.50. The van der Waals surface area contributed by atoms with Gasteiger partial charge in [-0.25, -0.2) is 0 Å². The van der Waals surface area contributed by atoms with Gasteiger partial charge in [0, 0.05) is 11.8 Å².